The van der Waals surface area contributed by atoms with Crippen LogP contribution in [0.3, 0.4) is 0 Å². The van der Waals surface area contributed by atoms with E-state index in [2.05, 4.69) is 190 Å². The largest absolute Gasteiger partial charge is 0.309 e. The molecule has 52 heavy (non-hydrogen) atoms. The standard InChI is InChI=1S/C48H29N3S/c1-7-19-38-31(13-1)32-14-2-8-20-39(32)49(38)30-25-26-43-37(29-30)35-17-5-11-23-42(35)51(43)45-28-27-44(47-36-18-6-12-24-46(36)52-48(45)47)50-40-21-9-3-15-33(40)34-16-4-10-22-41(34)50/h1-29H. The normalized spacial score (nSPS) is 12.2. The summed E-state index contributed by atoms with van der Waals surface area (Å²) in [6.07, 6.45) is 0. The zero-order valence-electron chi connectivity index (χ0n) is 28.0. The molecule has 0 saturated carbocycles. The molecule has 0 aliphatic heterocycles. The number of thiophene rings is 1. The van der Waals surface area contributed by atoms with E-state index in [-0.39, 0.29) is 0 Å². The Bertz CT molecular complexity index is 3320. The number of para-hydroxylation sites is 5. The van der Waals surface area contributed by atoms with Gasteiger partial charge in [0.05, 0.1) is 49.2 Å². The van der Waals surface area contributed by atoms with Crippen molar-refractivity contribution in [3.63, 3.8) is 0 Å². The van der Waals surface area contributed by atoms with Gasteiger partial charge >= 0.3 is 0 Å². The summed E-state index contributed by atoms with van der Waals surface area (Å²) in [5.74, 6) is 0. The lowest BCUT2D eigenvalue weighted by Crippen LogP contribution is -1.99. The highest BCUT2D eigenvalue weighted by atomic mass is 32.1. The Morgan fingerprint density at radius 2 is 0.712 bits per heavy atom. The highest BCUT2D eigenvalue weighted by molar-refractivity contribution is 7.26. The molecular weight excluding hydrogens is 651 g/mol. The summed E-state index contributed by atoms with van der Waals surface area (Å²) in [5.41, 5.74) is 10.9. The molecule has 0 unspecified atom stereocenters. The molecule has 12 aromatic rings. The van der Waals surface area contributed by atoms with Gasteiger partial charge in [0.15, 0.2) is 0 Å². The quantitative estimate of drug-likeness (QED) is 0.177. The van der Waals surface area contributed by atoms with E-state index in [1.807, 2.05) is 11.3 Å². The first-order valence-electron chi connectivity index (χ1n) is 17.8. The Balaban J connectivity index is 1.17. The molecule has 12 rings (SSSR count). The predicted octanol–water partition coefficient (Wildman–Crippen LogP) is 13.3. The van der Waals surface area contributed by atoms with Crippen molar-refractivity contribution >= 4 is 96.9 Å². The average molecular weight is 680 g/mol. The van der Waals surface area contributed by atoms with Gasteiger partial charge in [-0.25, -0.2) is 0 Å². The Hall–Kier alpha value is -6.62. The Morgan fingerprint density at radius 3 is 1.27 bits per heavy atom. The fourth-order valence-corrected chi connectivity index (χ4v) is 10.1. The van der Waals surface area contributed by atoms with E-state index < -0.39 is 0 Å². The lowest BCUT2D eigenvalue weighted by atomic mass is 10.1. The second kappa shape index (κ2) is 10.5. The van der Waals surface area contributed by atoms with Crippen molar-refractivity contribution in [1.82, 2.24) is 13.7 Å². The van der Waals surface area contributed by atoms with Crippen molar-refractivity contribution in [3.8, 4) is 17.1 Å². The molecule has 8 aromatic carbocycles. The third-order valence-electron chi connectivity index (χ3n) is 11.0. The summed E-state index contributed by atoms with van der Waals surface area (Å²) in [6.45, 7) is 0. The van der Waals surface area contributed by atoms with Crippen LogP contribution in [0.25, 0.3) is 103 Å². The summed E-state index contributed by atoms with van der Waals surface area (Å²) in [6, 6.07) is 64.6. The minimum Gasteiger partial charge on any atom is -0.309 e. The van der Waals surface area contributed by atoms with E-state index in [1.165, 1.54) is 103 Å². The maximum absolute atomic E-state index is 2.49. The van der Waals surface area contributed by atoms with Crippen LogP contribution in [-0.2, 0) is 0 Å². The molecule has 0 aliphatic carbocycles. The van der Waals surface area contributed by atoms with Crippen molar-refractivity contribution < 1.29 is 0 Å². The van der Waals surface area contributed by atoms with Crippen molar-refractivity contribution in [2.24, 2.45) is 0 Å². The number of hydrogen-bond acceptors (Lipinski definition) is 1. The van der Waals surface area contributed by atoms with E-state index in [0.29, 0.717) is 0 Å². The number of hydrogen-bond donors (Lipinski definition) is 0. The van der Waals surface area contributed by atoms with Crippen molar-refractivity contribution in [1.29, 1.82) is 0 Å². The monoisotopic (exact) mass is 679 g/mol. The molecular formula is C48H29N3S. The van der Waals surface area contributed by atoms with Gasteiger partial charge in [-0.05, 0) is 66.7 Å². The van der Waals surface area contributed by atoms with Crippen LogP contribution in [0.2, 0.25) is 0 Å². The van der Waals surface area contributed by atoms with E-state index in [4.69, 9.17) is 0 Å². The first-order chi connectivity index (χ1) is 25.8. The summed E-state index contributed by atoms with van der Waals surface area (Å²) in [7, 11) is 0. The summed E-state index contributed by atoms with van der Waals surface area (Å²) < 4.78 is 9.96. The lowest BCUT2D eigenvalue weighted by molar-refractivity contribution is 1.17. The highest BCUT2D eigenvalue weighted by Crippen LogP contribution is 2.45. The third-order valence-corrected chi connectivity index (χ3v) is 12.2. The van der Waals surface area contributed by atoms with E-state index in [1.54, 1.807) is 0 Å². The molecule has 4 heterocycles. The molecule has 0 fully saturated rings. The maximum Gasteiger partial charge on any atom is 0.0642 e. The maximum atomic E-state index is 2.49. The van der Waals surface area contributed by atoms with Gasteiger partial charge in [-0.1, -0.05) is 109 Å². The number of benzene rings is 8. The van der Waals surface area contributed by atoms with Gasteiger partial charge in [-0.3, -0.25) is 0 Å². The van der Waals surface area contributed by atoms with Crippen molar-refractivity contribution in [3.05, 3.63) is 176 Å². The topological polar surface area (TPSA) is 14.8 Å². The van der Waals surface area contributed by atoms with E-state index >= 15 is 0 Å². The molecule has 0 aliphatic rings. The van der Waals surface area contributed by atoms with Crippen LogP contribution < -0.4 is 0 Å². The lowest BCUT2D eigenvalue weighted by Gasteiger charge is -2.15. The predicted molar refractivity (Wildman–Crippen MR) is 222 cm³/mol. The molecule has 4 aromatic heterocycles. The zero-order chi connectivity index (χ0) is 33.9. The summed E-state index contributed by atoms with van der Waals surface area (Å²) in [5, 5.41) is 10.2. The van der Waals surface area contributed by atoms with Crippen LogP contribution in [0.5, 0.6) is 0 Å². The fraction of sp³-hybridized carbons (Fsp3) is 0. The van der Waals surface area contributed by atoms with Gasteiger partial charge in [0, 0.05) is 53.5 Å². The van der Waals surface area contributed by atoms with Crippen LogP contribution in [0.4, 0.5) is 0 Å². The highest BCUT2D eigenvalue weighted by Gasteiger charge is 2.22. The van der Waals surface area contributed by atoms with Gasteiger partial charge in [0.1, 0.15) is 0 Å². The van der Waals surface area contributed by atoms with Crippen molar-refractivity contribution in [2.45, 2.75) is 0 Å². The smallest absolute Gasteiger partial charge is 0.0642 e. The molecule has 3 nitrogen and oxygen atoms in total. The Morgan fingerprint density at radius 1 is 0.308 bits per heavy atom. The summed E-state index contributed by atoms with van der Waals surface area (Å²) >= 11 is 1.89. The van der Waals surface area contributed by atoms with Gasteiger partial charge in [-0.15, -0.1) is 11.3 Å². The SMILES string of the molecule is c1ccc2c(c1)sc1c(-n3c4ccccc4c4cc(-n5c6ccccc6c6ccccc65)ccc43)ccc(-n3c4ccccc4c4ccccc43)c12. The molecule has 0 radical (unpaired) electrons. The van der Waals surface area contributed by atoms with Gasteiger partial charge in [-0.2, -0.15) is 0 Å². The fourth-order valence-electron chi connectivity index (χ4n) is 8.90. The van der Waals surface area contributed by atoms with Crippen molar-refractivity contribution in [2.75, 3.05) is 0 Å². The number of aromatic nitrogens is 3. The minimum absolute atomic E-state index is 1.17. The zero-order valence-corrected chi connectivity index (χ0v) is 28.8. The van der Waals surface area contributed by atoms with Crippen LogP contribution in [0, 0.1) is 0 Å². The number of rotatable bonds is 3. The molecule has 0 bridgehead atoms. The second-order valence-corrected chi connectivity index (χ2v) is 14.8. The average Bonchev–Trinajstić information content (AvgIpc) is 3.94. The molecule has 0 spiro atoms. The van der Waals surface area contributed by atoms with Gasteiger partial charge < -0.3 is 13.7 Å². The first kappa shape index (κ1) is 28.1. The number of nitrogens with zero attached hydrogens (tertiary/aromatic N) is 3. The first-order valence-corrected chi connectivity index (χ1v) is 18.6. The molecule has 242 valence electrons. The van der Waals surface area contributed by atoms with Crippen LogP contribution in [-0.4, -0.2) is 13.7 Å². The minimum atomic E-state index is 1.17. The molecule has 4 heteroatoms. The Labute approximate surface area is 302 Å². The third kappa shape index (κ3) is 3.69. The van der Waals surface area contributed by atoms with E-state index in [0.717, 1.165) is 0 Å². The van der Waals surface area contributed by atoms with Crippen LogP contribution >= 0.6 is 11.3 Å². The Kier molecular flexibility index (Phi) is 5.65. The molecule has 0 amide bonds. The summed E-state index contributed by atoms with van der Waals surface area (Å²) in [4.78, 5) is 0. The molecule has 0 N–H and O–H groups in total. The molecule has 0 saturated heterocycles. The van der Waals surface area contributed by atoms with Crippen LogP contribution in [0.15, 0.2) is 176 Å². The van der Waals surface area contributed by atoms with Gasteiger partial charge in [0.25, 0.3) is 0 Å². The number of fused-ring (bicyclic) bond motifs is 12. The van der Waals surface area contributed by atoms with E-state index in [9.17, 15) is 0 Å². The second-order valence-electron chi connectivity index (χ2n) is 13.7. The van der Waals surface area contributed by atoms with Gasteiger partial charge in [0.2, 0.25) is 0 Å². The van der Waals surface area contributed by atoms with Crippen LogP contribution in [0.1, 0.15) is 0 Å². The molecule has 0 atom stereocenters.